The first-order chi connectivity index (χ1) is 26.2. The Hall–Kier alpha value is -4.73. The molecule has 1 unspecified atom stereocenters. The summed E-state index contributed by atoms with van der Waals surface area (Å²) in [6.45, 7) is 3.78. The fourth-order valence-corrected chi connectivity index (χ4v) is 7.90. The van der Waals surface area contributed by atoms with Crippen molar-refractivity contribution in [3.63, 3.8) is 0 Å². The second-order valence-corrected chi connectivity index (χ2v) is 14.9. The lowest BCUT2D eigenvalue weighted by atomic mass is 9.84. The molecule has 2 atom stereocenters. The predicted octanol–water partition coefficient (Wildman–Crippen LogP) is 9.59. The van der Waals surface area contributed by atoms with Crippen molar-refractivity contribution >= 4 is 34.2 Å². The minimum absolute atomic E-state index is 0.0300. The van der Waals surface area contributed by atoms with E-state index in [0.29, 0.717) is 51.1 Å². The SMILES string of the molecule is CCC(c1ccc(-c2ccc(Cl)c3c(NC)nn(C)c23)c([C@H](CC2=C=C(F)C=C(F)C2)NC(=O)Cn2nc(C(F)F)c3c2C(F)(F)CCC3(F)F)n1)C(C)(C)O. The molecule has 0 fully saturated rings. The van der Waals surface area contributed by atoms with E-state index in [0.717, 1.165) is 0 Å². The molecule has 6 rings (SSSR count). The topological polar surface area (TPSA) is 110 Å². The third-order valence-electron chi connectivity index (χ3n) is 10.1. The Morgan fingerprint density at radius 2 is 1.73 bits per heavy atom. The number of alkyl halides is 6. The van der Waals surface area contributed by atoms with Crippen LogP contribution >= 0.6 is 11.6 Å². The number of hydrogen-bond donors (Lipinski definition) is 3. The number of carbonyl (C=O) groups excluding carboxylic acids is 1. The van der Waals surface area contributed by atoms with Gasteiger partial charge in [-0.1, -0.05) is 36.4 Å². The molecule has 18 heteroatoms. The fourth-order valence-electron chi connectivity index (χ4n) is 7.66. The smallest absolute Gasteiger partial charge is 0.290 e. The van der Waals surface area contributed by atoms with Crippen LogP contribution in [0.1, 0.15) is 99.6 Å². The summed E-state index contributed by atoms with van der Waals surface area (Å²) < 4.78 is 119. The van der Waals surface area contributed by atoms with E-state index in [1.165, 1.54) is 0 Å². The molecule has 3 N–H and O–H groups in total. The first kappa shape index (κ1) is 40.9. The van der Waals surface area contributed by atoms with Gasteiger partial charge in [0.25, 0.3) is 18.3 Å². The van der Waals surface area contributed by atoms with E-state index in [1.807, 2.05) is 6.92 Å². The maximum Gasteiger partial charge on any atom is 0.290 e. The molecule has 2 aliphatic carbocycles. The van der Waals surface area contributed by atoms with Gasteiger partial charge in [0, 0.05) is 68.6 Å². The van der Waals surface area contributed by atoms with E-state index in [-0.39, 0.29) is 22.4 Å². The Kier molecular flexibility index (Phi) is 10.9. The largest absolute Gasteiger partial charge is 0.390 e. The van der Waals surface area contributed by atoms with Crippen molar-refractivity contribution in [1.29, 1.82) is 0 Å². The Balaban J connectivity index is 1.55. The maximum atomic E-state index is 15.2. The normalized spacial score (nSPS) is 17.6. The molecule has 1 amide bonds. The van der Waals surface area contributed by atoms with Crippen LogP contribution in [0.25, 0.3) is 22.0 Å². The number of allylic oxidation sites excluding steroid dienone is 2. The summed E-state index contributed by atoms with van der Waals surface area (Å²) in [4.78, 5) is 18.9. The van der Waals surface area contributed by atoms with Crippen molar-refractivity contribution in [2.75, 3.05) is 12.4 Å². The summed E-state index contributed by atoms with van der Waals surface area (Å²) in [6, 6.07) is 5.28. The summed E-state index contributed by atoms with van der Waals surface area (Å²) in [7, 11) is 3.31. The van der Waals surface area contributed by atoms with Crippen LogP contribution in [0.3, 0.4) is 0 Å². The van der Waals surface area contributed by atoms with Gasteiger partial charge >= 0.3 is 0 Å². The lowest BCUT2D eigenvalue weighted by Gasteiger charge is -2.30. The lowest BCUT2D eigenvalue weighted by molar-refractivity contribution is -0.123. The second kappa shape index (κ2) is 15.0. The van der Waals surface area contributed by atoms with Crippen molar-refractivity contribution in [2.45, 2.75) is 95.3 Å². The summed E-state index contributed by atoms with van der Waals surface area (Å²) in [6.07, 6.45) is -6.19. The third-order valence-corrected chi connectivity index (χ3v) is 10.4. The monoisotopic (exact) mass is 811 g/mol. The van der Waals surface area contributed by atoms with Gasteiger partial charge in [-0.2, -0.15) is 23.4 Å². The quantitative estimate of drug-likeness (QED) is 0.0972. The predicted molar refractivity (Wildman–Crippen MR) is 193 cm³/mol. The Labute approximate surface area is 321 Å². The minimum Gasteiger partial charge on any atom is -0.390 e. The first-order valence-corrected chi connectivity index (χ1v) is 18.1. The number of pyridine rings is 1. The first-order valence-electron chi connectivity index (χ1n) is 17.7. The fraction of sp³-hybridized carbons (Fsp3) is 0.447. The zero-order valence-corrected chi connectivity index (χ0v) is 31.6. The van der Waals surface area contributed by atoms with E-state index in [4.69, 9.17) is 16.6 Å². The maximum absolute atomic E-state index is 15.2. The molecule has 0 bridgehead atoms. The minimum atomic E-state index is -4.07. The number of amides is 1. The molecular formula is C38H38ClF8N7O2. The van der Waals surface area contributed by atoms with Crippen LogP contribution in [-0.4, -0.2) is 48.2 Å². The van der Waals surface area contributed by atoms with Crippen molar-refractivity contribution in [1.82, 2.24) is 29.9 Å². The molecule has 0 radical (unpaired) electrons. The van der Waals surface area contributed by atoms with Crippen LogP contribution in [0.15, 0.2) is 53.3 Å². The molecule has 0 spiro atoms. The summed E-state index contributed by atoms with van der Waals surface area (Å²) >= 11 is 6.62. The Morgan fingerprint density at radius 3 is 2.36 bits per heavy atom. The van der Waals surface area contributed by atoms with E-state index in [2.05, 4.69) is 26.6 Å². The van der Waals surface area contributed by atoms with Gasteiger partial charge in [-0.25, -0.2) is 22.0 Å². The second-order valence-electron chi connectivity index (χ2n) is 14.5. The summed E-state index contributed by atoms with van der Waals surface area (Å²) in [5, 5.41) is 25.5. The molecular weight excluding hydrogens is 774 g/mol. The molecule has 0 saturated carbocycles. The zero-order valence-electron chi connectivity index (χ0n) is 30.9. The number of carbonyl (C=O) groups is 1. The number of rotatable bonds is 12. The van der Waals surface area contributed by atoms with Gasteiger partial charge in [-0.05, 0) is 38.0 Å². The molecule has 56 heavy (non-hydrogen) atoms. The molecule has 0 saturated heterocycles. The lowest BCUT2D eigenvalue weighted by Crippen LogP contribution is -2.37. The van der Waals surface area contributed by atoms with E-state index < -0.39 is 96.2 Å². The number of halogens is 9. The van der Waals surface area contributed by atoms with Crippen molar-refractivity contribution in [3.8, 4) is 11.1 Å². The van der Waals surface area contributed by atoms with Gasteiger partial charge < -0.3 is 15.7 Å². The van der Waals surface area contributed by atoms with Crippen LogP contribution in [0.2, 0.25) is 5.02 Å². The number of nitrogens with zero attached hydrogens (tertiary/aromatic N) is 5. The van der Waals surface area contributed by atoms with Gasteiger partial charge in [-0.15, -0.1) is 0 Å². The molecule has 0 aliphatic heterocycles. The molecule has 4 aromatic rings. The number of aryl methyl sites for hydroxylation is 1. The number of nitrogens with one attached hydrogen (secondary N) is 2. The highest BCUT2D eigenvalue weighted by Gasteiger charge is 2.55. The zero-order chi connectivity index (χ0) is 41.1. The highest BCUT2D eigenvalue weighted by atomic mass is 35.5. The van der Waals surface area contributed by atoms with E-state index in [1.54, 1.807) is 56.9 Å². The summed E-state index contributed by atoms with van der Waals surface area (Å²) in [5.74, 6) is -11.3. The van der Waals surface area contributed by atoms with E-state index in [9.17, 15) is 36.2 Å². The van der Waals surface area contributed by atoms with Crippen LogP contribution in [0.4, 0.5) is 40.9 Å². The number of aromatic nitrogens is 5. The van der Waals surface area contributed by atoms with Gasteiger partial charge in [0.1, 0.15) is 23.8 Å². The molecule has 300 valence electrons. The number of benzene rings is 1. The van der Waals surface area contributed by atoms with Crippen molar-refractivity contribution in [3.05, 3.63) is 86.7 Å². The van der Waals surface area contributed by atoms with Crippen LogP contribution in [-0.2, 0) is 30.2 Å². The Bertz CT molecular complexity index is 2300. The molecule has 3 heterocycles. The average molecular weight is 812 g/mol. The summed E-state index contributed by atoms with van der Waals surface area (Å²) in [5.41, 5.74) is -1.72. The number of anilines is 1. The van der Waals surface area contributed by atoms with Crippen LogP contribution in [0.5, 0.6) is 0 Å². The average Bonchev–Trinajstić information content (AvgIpc) is 3.66. The molecule has 1 aromatic carbocycles. The van der Waals surface area contributed by atoms with Crippen molar-refractivity contribution < 1.29 is 45.0 Å². The Morgan fingerprint density at radius 1 is 1.05 bits per heavy atom. The van der Waals surface area contributed by atoms with Gasteiger partial charge in [-0.3, -0.25) is 19.1 Å². The highest BCUT2D eigenvalue weighted by Crippen LogP contribution is 2.52. The molecule has 9 nitrogen and oxygen atoms in total. The van der Waals surface area contributed by atoms with Gasteiger partial charge in [0.2, 0.25) is 5.91 Å². The molecule has 2 aliphatic rings. The van der Waals surface area contributed by atoms with Gasteiger partial charge in [0.05, 0.1) is 38.8 Å². The van der Waals surface area contributed by atoms with Gasteiger partial charge in [0.15, 0.2) is 11.6 Å². The number of fused-ring (bicyclic) bond motifs is 2. The standard InChI is InChI=1S/C38H38ClF8N7O2/c1-6-23(36(2,3)56)25-10-8-21(22-7-9-24(39)28-32(22)53(5)52-35(28)48-4)30(50-25)26(15-18-13-19(40)16-20(41)14-18)49-27(55)17-54-33-29(31(51-54)34(42)43)37(44,45)11-12-38(33,46)47/h7-10,16,23,26,34,56H,6,11-13,15,17H2,1-5H3,(H,48,52)(H,49,55)/t23?,26-/m0/s1. The number of hydrogen-bond acceptors (Lipinski definition) is 6. The van der Waals surface area contributed by atoms with Crippen LogP contribution in [0, 0.1) is 0 Å². The third kappa shape index (κ3) is 7.68. The number of aliphatic hydroxyl groups is 1. The molecule has 3 aromatic heterocycles. The van der Waals surface area contributed by atoms with Crippen molar-refractivity contribution in [2.24, 2.45) is 7.05 Å². The van der Waals surface area contributed by atoms with Crippen LogP contribution < -0.4 is 10.6 Å². The highest BCUT2D eigenvalue weighted by molar-refractivity contribution is 6.37. The van der Waals surface area contributed by atoms with E-state index >= 15 is 8.78 Å².